The number of ether oxygens (including phenoxy) is 1. The molecule has 1 aliphatic heterocycles. The lowest BCUT2D eigenvalue weighted by Gasteiger charge is -2.13. The molecule has 1 amide bonds. The molecule has 8 heteroatoms. The molecule has 1 aromatic heterocycles. The fraction of sp³-hybridized carbons (Fsp3) is 0.370. The van der Waals surface area contributed by atoms with Crippen molar-refractivity contribution in [3.63, 3.8) is 0 Å². The Kier molecular flexibility index (Phi) is 6.32. The van der Waals surface area contributed by atoms with Crippen LogP contribution in [0.5, 0.6) is 5.75 Å². The van der Waals surface area contributed by atoms with Crippen molar-refractivity contribution in [3.05, 3.63) is 53.1 Å². The maximum Gasteiger partial charge on any atom is 0.258 e. The lowest BCUT2D eigenvalue weighted by atomic mass is 10.0. The summed E-state index contributed by atoms with van der Waals surface area (Å²) in [6, 6.07) is 13.4. The molecule has 0 bridgehead atoms. The predicted molar refractivity (Wildman–Crippen MR) is 131 cm³/mol. The Morgan fingerprint density at radius 3 is 2.77 bits per heavy atom. The standard InChI is InChI=1S/C27H27N5O3/c1-17(2)34-24-11-8-18(14-19(24)15-28)27-30-26(31-35-27)22-7-5-6-21-20(22)9-10-23(21)29-16-25(33)32-12-3-4-13-32/h5-8,11,14,17H,3-4,9-10,12-13,16H2,1-2H3/b29-23-. The summed E-state index contributed by atoms with van der Waals surface area (Å²) >= 11 is 0. The monoisotopic (exact) mass is 469 g/mol. The molecule has 35 heavy (non-hydrogen) atoms. The molecule has 3 aromatic rings. The summed E-state index contributed by atoms with van der Waals surface area (Å²) in [5, 5.41) is 13.7. The molecule has 8 nitrogen and oxygen atoms in total. The number of likely N-dealkylation sites (tertiary alicyclic amines) is 1. The Balaban J connectivity index is 1.38. The van der Waals surface area contributed by atoms with Gasteiger partial charge in [0.05, 0.1) is 11.7 Å². The number of nitriles is 1. The first-order valence-electron chi connectivity index (χ1n) is 12.0. The number of benzene rings is 2. The van der Waals surface area contributed by atoms with Gasteiger partial charge in [0.15, 0.2) is 0 Å². The van der Waals surface area contributed by atoms with E-state index in [4.69, 9.17) is 9.26 Å². The average molecular weight is 470 g/mol. The minimum absolute atomic E-state index is 0.0325. The number of carbonyl (C=O) groups is 1. The van der Waals surface area contributed by atoms with E-state index in [9.17, 15) is 10.1 Å². The SMILES string of the molecule is CC(C)Oc1ccc(-c2nc(-c3cccc4c3CC/C4=N/CC(=O)N3CCCC3)no2)cc1C#N. The third-order valence-electron chi connectivity index (χ3n) is 6.34. The highest BCUT2D eigenvalue weighted by Crippen LogP contribution is 2.33. The molecule has 0 saturated carbocycles. The van der Waals surface area contributed by atoms with E-state index in [2.05, 4.69) is 21.2 Å². The summed E-state index contributed by atoms with van der Waals surface area (Å²) in [6.45, 7) is 5.71. The highest BCUT2D eigenvalue weighted by molar-refractivity contribution is 6.06. The van der Waals surface area contributed by atoms with E-state index in [0.717, 1.165) is 61.2 Å². The van der Waals surface area contributed by atoms with E-state index in [0.29, 0.717) is 28.6 Å². The van der Waals surface area contributed by atoms with Gasteiger partial charge < -0.3 is 14.2 Å². The lowest BCUT2D eigenvalue weighted by Crippen LogP contribution is -2.29. The van der Waals surface area contributed by atoms with Gasteiger partial charge in [-0.25, -0.2) is 0 Å². The zero-order valence-electron chi connectivity index (χ0n) is 20.0. The van der Waals surface area contributed by atoms with Crippen LogP contribution < -0.4 is 4.74 Å². The molecule has 2 heterocycles. The van der Waals surface area contributed by atoms with Crippen LogP contribution in [0.2, 0.25) is 0 Å². The highest BCUT2D eigenvalue weighted by Gasteiger charge is 2.25. The lowest BCUT2D eigenvalue weighted by molar-refractivity contribution is -0.128. The van der Waals surface area contributed by atoms with Crippen molar-refractivity contribution < 1.29 is 14.1 Å². The molecule has 0 unspecified atom stereocenters. The van der Waals surface area contributed by atoms with Crippen molar-refractivity contribution in [3.8, 4) is 34.7 Å². The molecule has 0 N–H and O–H groups in total. The Hall–Kier alpha value is -3.99. The topological polar surface area (TPSA) is 105 Å². The van der Waals surface area contributed by atoms with Crippen LogP contribution in [0.15, 0.2) is 45.9 Å². The van der Waals surface area contributed by atoms with Crippen molar-refractivity contribution in [2.24, 2.45) is 4.99 Å². The first-order chi connectivity index (χ1) is 17.0. The Bertz CT molecular complexity index is 1330. The molecule has 0 spiro atoms. The van der Waals surface area contributed by atoms with Gasteiger partial charge in [0.25, 0.3) is 5.89 Å². The van der Waals surface area contributed by atoms with E-state index in [1.54, 1.807) is 12.1 Å². The number of aromatic nitrogens is 2. The normalized spacial score (nSPS) is 16.1. The molecular weight excluding hydrogens is 442 g/mol. The van der Waals surface area contributed by atoms with Crippen LogP contribution in [0.25, 0.3) is 22.8 Å². The van der Waals surface area contributed by atoms with Crippen LogP contribution in [0.1, 0.15) is 49.8 Å². The van der Waals surface area contributed by atoms with E-state index in [-0.39, 0.29) is 18.6 Å². The number of rotatable bonds is 6. The predicted octanol–water partition coefficient (Wildman–Crippen LogP) is 4.42. The van der Waals surface area contributed by atoms with Crippen molar-refractivity contribution in [2.45, 2.75) is 45.6 Å². The van der Waals surface area contributed by atoms with E-state index >= 15 is 0 Å². The summed E-state index contributed by atoms with van der Waals surface area (Å²) < 4.78 is 11.3. The smallest absolute Gasteiger partial charge is 0.258 e. The van der Waals surface area contributed by atoms with Gasteiger partial charge in [-0.1, -0.05) is 23.4 Å². The summed E-state index contributed by atoms with van der Waals surface area (Å²) in [7, 11) is 0. The second-order valence-electron chi connectivity index (χ2n) is 9.09. The van der Waals surface area contributed by atoms with Crippen molar-refractivity contribution in [2.75, 3.05) is 19.6 Å². The number of aliphatic imine (C=N–C) groups is 1. The third-order valence-corrected chi connectivity index (χ3v) is 6.34. The van der Waals surface area contributed by atoms with E-state index in [1.165, 1.54) is 0 Å². The second-order valence-corrected chi connectivity index (χ2v) is 9.09. The number of carbonyl (C=O) groups excluding carboxylic acids is 1. The molecule has 5 rings (SSSR count). The maximum atomic E-state index is 12.4. The summed E-state index contributed by atoms with van der Waals surface area (Å²) in [5.41, 5.74) is 5.09. The zero-order valence-corrected chi connectivity index (χ0v) is 20.0. The molecule has 2 aliphatic rings. The van der Waals surface area contributed by atoms with Gasteiger partial charge in [-0.15, -0.1) is 0 Å². The van der Waals surface area contributed by atoms with E-state index in [1.807, 2.05) is 43.0 Å². The highest BCUT2D eigenvalue weighted by atomic mass is 16.5. The van der Waals surface area contributed by atoms with E-state index < -0.39 is 0 Å². The van der Waals surface area contributed by atoms with Gasteiger partial charge in [0, 0.05) is 29.9 Å². The van der Waals surface area contributed by atoms with Crippen molar-refractivity contribution >= 4 is 11.6 Å². The van der Waals surface area contributed by atoms with Crippen LogP contribution in [-0.4, -0.2) is 52.4 Å². The van der Waals surface area contributed by atoms with Crippen LogP contribution in [-0.2, 0) is 11.2 Å². The fourth-order valence-corrected chi connectivity index (χ4v) is 4.67. The Labute approximate surface area is 204 Å². The first-order valence-corrected chi connectivity index (χ1v) is 12.0. The molecule has 0 radical (unpaired) electrons. The molecule has 1 fully saturated rings. The van der Waals surface area contributed by atoms with Gasteiger partial charge in [0.1, 0.15) is 18.4 Å². The van der Waals surface area contributed by atoms with Gasteiger partial charge in [0.2, 0.25) is 11.7 Å². The Morgan fingerprint density at radius 1 is 1.20 bits per heavy atom. The summed E-state index contributed by atoms with van der Waals surface area (Å²) in [5.74, 6) is 1.46. The summed E-state index contributed by atoms with van der Waals surface area (Å²) in [4.78, 5) is 23.6. The fourth-order valence-electron chi connectivity index (χ4n) is 4.67. The van der Waals surface area contributed by atoms with Crippen LogP contribution in [0, 0.1) is 11.3 Å². The number of nitrogens with zero attached hydrogens (tertiary/aromatic N) is 5. The van der Waals surface area contributed by atoms with Crippen molar-refractivity contribution in [1.29, 1.82) is 5.26 Å². The second kappa shape index (κ2) is 9.71. The molecule has 0 atom stereocenters. The van der Waals surface area contributed by atoms with Gasteiger partial charge >= 0.3 is 0 Å². The number of fused-ring (bicyclic) bond motifs is 1. The number of amides is 1. The minimum atomic E-state index is -0.0325. The Morgan fingerprint density at radius 2 is 2.00 bits per heavy atom. The first kappa shape index (κ1) is 22.8. The van der Waals surface area contributed by atoms with Crippen LogP contribution >= 0.6 is 0 Å². The van der Waals surface area contributed by atoms with Gasteiger partial charge in [-0.3, -0.25) is 9.79 Å². The average Bonchev–Trinajstić information content (AvgIpc) is 3.63. The third kappa shape index (κ3) is 4.67. The van der Waals surface area contributed by atoms with Crippen LogP contribution in [0.3, 0.4) is 0 Å². The zero-order chi connectivity index (χ0) is 24.4. The molecular formula is C27H27N5O3. The minimum Gasteiger partial charge on any atom is -0.490 e. The molecule has 1 aliphatic carbocycles. The number of hydrogen-bond acceptors (Lipinski definition) is 7. The largest absolute Gasteiger partial charge is 0.490 e. The van der Waals surface area contributed by atoms with Gasteiger partial charge in [-0.05, 0) is 68.9 Å². The maximum absolute atomic E-state index is 12.4. The quantitative estimate of drug-likeness (QED) is 0.529. The van der Waals surface area contributed by atoms with Gasteiger partial charge in [-0.2, -0.15) is 10.2 Å². The van der Waals surface area contributed by atoms with Crippen LogP contribution in [0.4, 0.5) is 0 Å². The summed E-state index contributed by atoms with van der Waals surface area (Å²) in [6.07, 6.45) is 3.72. The molecule has 2 aromatic carbocycles. The molecule has 1 saturated heterocycles. The number of hydrogen-bond donors (Lipinski definition) is 0. The molecule has 178 valence electrons. The van der Waals surface area contributed by atoms with Crippen molar-refractivity contribution in [1.82, 2.24) is 15.0 Å².